The molecule has 5 rings (SSSR count). The first-order valence-electron chi connectivity index (χ1n) is 14.8. The lowest BCUT2D eigenvalue weighted by atomic mass is 10.1. The number of nitrogens with one attached hydrogen (secondary N) is 1. The molecule has 44 heavy (non-hydrogen) atoms. The zero-order valence-corrected chi connectivity index (χ0v) is 25.8. The fraction of sp³-hybridized carbons (Fsp3) is 0.500. The number of benzene rings is 1. The van der Waals surface area contributed by atoms with Crippen LogP contribution in [0.5, 0.6) is 11.5 Å². The number of methoxy groups -OCH3 is 2. The van der Waals surface area contributed by atoms with Crippen molar-refractivity contribution >= 4 is 35.1 Å². The predicted molar refractivity (Wildman–Crippen MR) is 161 cm³/mol. The van der Waals surface area contributed by atoms with Crippen molar-refractivity contribution in [2.24, 2.45) is 0 Å². The summed E-state index contributed by atoms with van der Waals surface area (Å²) in [6.45, 7) is 8.96. The maximum atomic E-state index is 11.4. The monoisotopic (exact) mass is 609 g/mol. The molecule has 3 aromatic heterocycles. The molecule has 1 aromatic carbocycles. The summed E-state index contributed by atoms with van der Waals surface area (Å²) in [6, 6.07) is 7.46. The van der Waals surface area contributed by atoms with Crippen LogP contribution in [0.15, 0.2) is 35.1 Å². The van der Waals surface area contributed by atoms with E-state index in [1.54, 1.807) is 31.2 Å². The fourth-order valence-corrected chi connectivity index (χ4v) is 5.38. The number of aliphatic hydroxyl groups excluding tert-OH is 1. The van der Waals surface area contributed by atoms with Crippen LogP contribution in [0, 0.1) is 0 Å². The van der Waals surface area contributed by atoms with Crippen LogP contribution in [0.2, 0.25) is 0 Å². The Morgan fingerprint density at radius 3 is 2.52 bits per heavy atom. The van der Waals surface area contributed by atoms with E-state index >= 15 is 0 Å². The van der Waals surface area contributed by atoms with Gasteiger partial charge >= 0.3 is 0 Å². The van der Waals surface area contributed by atoms with Crippen molar-refractivity contribution in [3.05, 3.63) is 42.0 Å². The number of hydrogen-bond acceptors (Lipinski definition) is 13. The Balaban J connectivity index is 1.62. The minimum absolute atomic E-state index is 0.143. The Labute approximate surface area is 255 Å². The van der Waals surface area contributed by atoms with Gasteiger partial charge in [-0.1, -0.05) is 25.9 Å². The van der Waals surface area contributed by atoms with E-state index in [9.17, 15) is 9.90 Å². The molecule has 14 nitrogen and oxygen atoms in total. The second-order valence-corrected chi connectivity index (χ2v) is 10.3. The van der Waals surface area contributed by atoms with Crippen LogP contribution in [0.25, 0.3) is 11.2 Å². The zero-order valence-electron chi connectivity index (χ0n) is 25.8. The number of nitrogens with zero attached hydrogens (tertiary/aromatic N) is 6. The van der Waals surface area contributed by atoms with Gasteiger partial charge in [0.15, 0.2) is 52.7 Å². The summed E-state index contributed by atoms with van der Waals surface area (Å²) in [5, 5.41) is 19.0. The molecule has 0 amide bonds. The number of ether oxygens (including phenoxy) is 4. The molecule has 0 bridgehead atoms. The smallest absolute Gasteiger partial charge is 0.293 e. The molecule has 0 radical (unpaired) electrons. The van der Waals surface area contributed by atoms with Gasteiger partial charge in [-0.05, 0) is 38.3 Å². The van der Waals surface area contributed by atoms with Crippen LogP contribution in [-0.4, -0.2) is 75.3 Å². The van der Waals surface area contributed by atoms with Gasteiger partial charge in [0.1, 0.15) is 6.10 Å². The molecule has 2 N–H and O–H groups in total. The van der Waals surface area contributed by atoms with Crippen molar-refractivity contribution < 1.29 is 33.4 Å². The molecule has 1 saturated heterocycles. The third kappa shape index (κ3) is 5.74. The summed E-state index contributed by atoms with van der Waals surface area (Å²) in [4.78, 5) is 27.8. The number of anilines is 3. The van der Waals surface area contributed by atoms with Crippen LogP contribution in [-0.2, 0) is 20.7 Å². The number of carbonyl (C=O) groups is 1. The number of imidazole rings is 1. The Hall–Kier alpha value is -4.43. The van der Waals surface area contributed by atoms with E-state index in [1.807, 2.05) is 36.9 Å². The first-order chi connectivity index (χ1) is 21.4. The standard InChI is InChI=1S/C30H39N7O7/c1-7-17(8-2)32-27-23-28(34-30(33-27)36(10-4)19-11-12-20(40-5)21(14-19)41-6)37(15-31-23)29-24(39)26(42-16-38)25(43-29)22-13-18(9-3)35-44-22/h11-17,24-26,29,39H,7-10H2,1-6H3,(H,32,33,34)/t24-,25-,26+,29-/m1/s1. The van der Waals surface area contributed by atoms with Crippen LogP contribution in [0.3, 0.4) is 0 Å². The highest BCUT2D eigenvalue weighted by Gasteiger charge is 2.49. The molecular weight excluding hydrogens is 570 g/mol. The predicted octanol–water partition coefficient (Wildman–Crippen LogP) is 4.33. The maximum Gasteiger partial charge on any atom is 0.293 e. The van der Waals surface area contributed by atoms with Crippen LogP contribution >= 0.6 is 0 Å². The van der Waals surface area contributed by atoms with Gasteiger partial charge in [0.05, 0.1) is 26.2 Å². The third-order valence-corrected chi connectivity index (χ3v) is 7.89. The number of hydrogen-bond donors (Lipinski definition) is 2. The first kappa shape index (κ1) is 31.0. The van der Waals surface area contributed by atoms with Gasteiger partial charge in [-0.3, -0.25) is 9.36 Å². The molecule has 0 aliphatic carbocycles. The second-order valence-electron chi connectivity index (χ2n) is 10.3. The first-order valence-corrected chi connectivity index (χ1v) is 14.8. The van der Waals surface area contributed by atoms with Gasteiger partial charge in [-0.15, -0.1) is 0 Å². The summed E-state index contributed by atoms with van der Waals surface area (Å²) in [5.41, 5.74) is 2.43. The number of carbonyl (C=O) groups excluding carboxylic acids is 1. The summed E-state index contributed by atoms with van der Waals surface area (Å²) >= 11 is 0. The molecule has 0 spiro atoms. The van der Waals surface area contributed by atoms with Crippen molar-refractivity contribution in [2.45, 2.75) is 77.5 Å². The van der Waals surface area contributed by atoms with Gasteiger partial charge in [0, 0.05) is 30.4 Å². The highest BCUT2D eigenvalue weighted by molar-refractivity contribution is 5.85. The summed E-state index contributed by atoms with van der Waals surface area (Å²) in [6.07, 6.45) is -0.279. The lowest BCUT2D eigenvalue weighted by Crippen LogP contribution is -2.31. The van der Waals surface area contributed by atoms with E-state index in [4.69, 9.17) is 33.4 Å². The molecule has 0 unspecified atom stereocenters. The zero-order chi connectivity index (χ0) is 31.4. The highest BCUT2D eigenvalue weighted by Crippen LogP contribution is 2.42. The fourth-order valence-electron chi connectivity index (χ4n) is 5.38. The van der Waals surface area contributed by atoms with Gasteiger partial charge in [-0.25, -0.2) is 4.98 Å². The number of aliphatic hydroxyl groups is 1. The number of rotatable bonds is 14. The average molecular weight is 610 g/mol. The third-order valence-electron chi connectivity index (χ3n) is 7.89. The Bertz CT molecular complexity index is 1570. The van der Waals surface area contributed by atoms with Crippen molar-refractivity contribution in [3.8, 4) is 11.5 Å². The van der Waals surface area contributed by atoms with E-state index in [-0.39, 0.29) is 12.5 Å². The SMILES string of the molecule is CCc1cc([C@H]2O[C@@H](n3cnc4c(NC(CC)CC)nc(N(CC)c5ccc(OC)c(OC)c5)nc43)[C@H](O)[C@@H]2OC=O)on1. The van der Waals surface area contributed by atoms with Crippen LogP contribution < -0.4 is 19.7 Å². The lowest BCUT2D eigenvalue weighted by molar-refractivity contribution is -0.140. The Morgan fingerprint density at radius 2 is 1.89 bits per heavy atom. The minimum atomic E-state index is -1.26. The number of aryl methyl sites for hydroxylation is 1. The van der Waals surface area contributed by atoms with Crippen molar-refractivity contribution in [1.29, 1.82) is 0 Å². The molecule has 4 aromatic rings. The van der Waals surface area contributed by atoms with Gasteiger partial charge in [0.25, 0.3) is 6.47 Å². The van der Waals surface area contributed by atoms with E-state index in [0.717, 1.165) is 18.5 Å². The maximum absolute atomic E-state index is 11.4. The number of aromatic nitrogens is 5. The van der Waals surface area contributed by atoms with Crippen molar-refractivity contribution in [3.63, 3.8) is 0 Å². The van der Waals surface area contributed by atoms with E-state index in [0.29, 0.717) is 58.8 Å². The molecule has 4 atom stereocenters. The van der Waals surface area contributed by atoms with Crippen LogP contribution in [0.1, 0.15) is 64.3 Å². The van der Waals surface area contributed by atoms with Gasteiger partial charge < -0.3 is 38.8 Å². The van der Waals surface area contributed by atoms with Crippen molar-refractivity contribution in [1.82, 2.24) is 24.7 Å². The quantitative estimate of drug-likeness (QED) is 0.195. The molecular formula is C30H39N7O7. The molecule has 236 valence electrons. The highest BCUT2D eigenvalue weighted by atomic mass is 16.6. The summed E-state index contributed by atoms with van der Waals surface area (Å²) < 4.78 is 29.7. The average Bonchev–Trinajstić information content (AvgIpc) is 3.78. The molecule has 14 heteroatoms. The Kier molecular flexibility index (Phi) is 9.49. The normalized spacial score (nSPS) is 19.8. The molecule has 4 heterocycles. The van der Waals surface area contributed by atoms with Gasteiger partial charge in [-0.2, -0.15) is 9.97 Å². The Morgan fingerprint density at radius 1 is 1.11 bits per heavy atom. The molecule has 1 aliphatic rings. The molecule has 1 aliphatic heterocycles. The number of fused-ring (bicyclic) bond motifs is 1. The molecule has 1 fully saturated rings. The van der Waals surface area contributed by atoms with Crippen LogP contribution in [0.4, 0.5) is 17.5 Å². The summed E-state index contributed by atoms with van der Waals surface area (Å²) in [5.74, 6) is 2.46. The van der Waals surface area contributed by atoms with Crippen molar-refractivity contribution in [2.75, 3.05) is 31.0 Å². The van der Waals surface area contributed by atoms with E-state index in [1.165, 1.54) is 0 Å². The minimum Gasteiger partial charge on any atom is -0.493 e. The topological polar surface area (TPSA) is 159 Å². The molecule has 0 saturated carbocycles. The summed E-state index contributed by atoms with van der Waals surface area (Å²) in [7, 11) is 3.17. The second kappa shape index (κ2) is 13.5. The lowest BCUT2D eigenvalue weighted by Gasteiger charge is -2.24. The van der Waals surface area contributed by atoms with Gasteiger partial charge in [0.2, 0.25) is 5.95 Å². The van der Waals surface area contributed by atoms with E-state index < -0.39 is 24.5 Å². The van der Waals surface area contributed by atoms with E-state index in [2.05, 4.69) is 29.3 Å². The largest absolute Gasteiger partial charge is 0.493 e.